The number of hydrogen-bond donors (Lipinski definition) is 2. The van der Waals surface area contributed by atoms with Gasteiger partial charge in [-0.1, -0.05) is 6.58 Å². The van der Waals surface area contributed by atoms with Crippen molar-refractivity contribution in [1.29, 1.82) is 5.26 Å². The van der Waals surface area contributed by atoms with Crippen molar-refractivity contribution in [3.8, 4) is 6.07 Å². The van der Waals surface area contributed by atoms with E-state index in [4.69, 9.17) is 5.26 Å². The van der Waals surface area contributed by atoms with Crippen LogP contribution >= 0.6 is 0 Å². The molecule has 0 aliphatic carbocycles. The van der Waals surface area contributed by atoms with Crippen molar-refractivity contribution in [2.75, 3.05) is 13.1 Å². The molecule has 3 rings (SSSR count). The van der Waals surface area contributed by atoms with Crippen molar-refractivity contribution < 1.29 is 0 Å². The van der Waals surface area contributed by atoms with Gasteiger partial charge in [-0.15, -0.1) is 0 Å². The highest BCUT2D eigenvalue weighted by atomic mass is 15.4. The summed E-state index contributed by atoms with van der Waals surface area (Å²) in [5, 5.41) is 19.8. The molecule has 0 spiro atoms. The molecule has 3 heterocycles. The molecule has 0 aromatic carbocycles. The van der Waals surface area contributed by atoms with Crippen LogP contribution in [0.4, 0.5) is 0 Å². The first-order valence-corrected chi connectivity index (χ1v) is 7.16. The van der Waals surface area contributed by atoms with Gasteiger partial charge in [0.05, 0.1) is 18.7 Å². The maximum atomic E-state index is 9.04. The molecular weight excluding hydrogens is 276 g/mol. The summed E-state index contributed by atoms with van der Waals surface area (Å²) in [7, 11) is 0. The predicted octanol–water partition coefficient (Wildman–Crippen LogP) is 1.53. The number of nitrogens with zero attached hydrogens (tertiary/aromatic N) is 4. The van der Waals surface area contributed by atoms with Crippen molar-refractivity contribution in [2.45, 2.75) is 18.9 Å². The fraction of sp³-hybridized carbons (Fsp3) is 0.312. The normalized spacial score (nSPS) is 20.8. The zero-order valence-corrected chi connectivity index (χ0v) is 12.5. The molecule has 0 atom stereocenters. The van der Waals surface area contributed by atoms with Gasteiger partial charge in [0, 0.05) is 36.6 Å². The van der Waals surface area contributed by atoms with Gasteiger partial charge in [0.15, 0.2) is 0 Å². The number of aromatic nitrogens is 2. The van der Waals surface area contributed by atoms with E-state index in [1.165, 1.54) is 0 Å². The van der Waals surface area contributed by atoms with Crippen molar-refractivity contribution >= 4 is 11.4 Å². The predicted molar refractivity (Wildman–Crippen MR) is 85.8 cm³/mol. The molecule has 0 bridgehead atoms. The van der Waals surface area contributed by atoms with Crippen molar-refractivity contribution in [3.05, 3.63) is 48.6 Å². The maximum absolute atomic E-state index is 9.04. The Morgan fingerprint density at radius 3 is 3.09 bits per heavy atom. The molecule has 6 heteroatoms. The van der Waals surface area contributed by atoms with Gasteiger partial charge < -0.3 is 10.6 Å². The zero-order chi connectivity index (χ0) is 15.6. The standard InChI is InChI=1S/C16H18N6/c1-3-19-15-14(4-7-20-15)12(2)13-8-21-22(9-13)16(5-6-17)10-18-11-16/h3-4,7-9,18H,1,5,10-11H2,2H3,(H,19,20)/b14-12+. The van der Waals surface area contributed by atoms with E-state index in [1.54, 1.807) is 12.4 Å². The van der Waals surface area contributed by atoms with Crippen LogP contribution in [0.3, 0.4) is 0 Å². The van der Waals surface area contributed by atoms with Gasteiger partial charge in [0.25, 0.3) is 0 Å². The average Bonchev–Trinajstić information content (AvgIpc) is 3.12. The summed E-state index contributed by atoms with van der Waals surface area (Å²) in [6, 6.07) is 2.26. The summed E-state index contributed by atoms with van der Waals surface area (Å²) >= 11 is 0. The van der Waals surface area contributed by atoms with Crippen LogP contribution in [0.5, 0.6) is 0 Å². The van der Waals surface area contributed by atoms with E-state index < -0.39 is 0 Å². The highest BCUT2D eigenvalue weighted by Gasteiger charge is 2.39. The molecule has 6 nitrogen and oxygen atoms in total. The topological polar surface area (TPSA) is 78.0 Å². The molecular formula is C16H18N6. The van der Waals surface area contributed by atoms with E-state index in [2.05, 4.69) is 33.4 Å². The Balaban J connectivity index is 1.91. The van der Waals surface area contributed by atoms with E-state index >= 15 is 0 Å². The smallest absolute Gasteiger partial charge is 0.137 e. The fourth-order valence-corrected chi connectivity index (χ4v) is 2.71. The van der Waals surface area contributed by atoms with Crippen LogP contribution in [0.1, 0.15) is 18.9 Å². The minimum absolute atomic E-state index is 0.209. The first-order chi connectivity index (χ1) is 10.7. The van der Waals surface area contributed by atoms with Gasteiger partial charge in [0.2, 0.25) is 0 Å². The number of amidine groups is 1. The Morgan fingerprint density at radius 1 is 1.64 bits per heavy atom. The molecule has 22 heavy (non-hydrogen) atoms. The lowest BCUT2D eigenvalue weighted by Gasteiger charge is -2.41. The van der Waals surface area contributed by atoms with Crippen molar-refractivity contribution in [2.24, 2.45) is 4.99 Å². The third-order valence-electron chi connectivity index (χ3n) is 4.16. The number of hydrogen-bond acceptors (Lipinski definition) is 5. The van der Waals surface area contributed by atoms with Gasteiger partial charge in [-0.2, -0.15) is 10.4 Å². The van der Waals surface area contributed by atoms with E-state index in [0.717, 1.165) is 35.6 Å². The van der Waals surface area contributed by atoms with Crippen molar-refractivity contribution in [1.82, 2.24) is 20.4 Å². The molecule has 2 aliphatic heterocycles. The molecule has 0 radical (unpaired) electrons. The van der Waals surface area contributed by atoms with Crippen LogP contribution in [-0.4, -0.2) is 28.7 Å². The summed E-state index contributed by atoms with van der Waals surface area (Å²) in [5.41, 5.74) is 2.94. The number of nitriles is 1. The Morgan fingerprint density at radius 2 is 2.45 bits per heavy atom. The minimum Gasteiger partial charge on any atom is -0.347 e. The van der Waals surface area contributed by atoms with Gasteiger partial charge in [0.1, 0.15) is 11.4 Å². The summed E-state index contributed by atoms with van der Waals surface area (Å²) in [4.78, 5) is 4.28. The molecule has 1 saturated heterocycles. The second-order valence-corrected chi connectivity index (χ2v) is 5.52. The molecule has 1 aromatic heterocycles. The first kappa shape index (κ1) is 14.3. The van der Waals surface area contributed by atoms with Crippen LogP contribution in [0.2, 0.25) is 0 Å². The van der Waals surface area contributed by atoms with Crippen LogP contribution in [0, 0.1) is 11.3 Å². The number of allylic oxidation sites excluding steroid dienone is 1. The molecule has 112 valence electrons. The Kier molecular flexibility index (Phi) is 3.65. The lowest BCUT2D eigenvalue weighted by Crippen LogP contribution is -2.60. The van der Waals surface area contributed by atoms with E-state index in [0.29, 0.717) is 6.42 Å². The molecule has 2 N–H and O–H groups in total. The zero-order valence-electron chi connectivity index (χ0n) is 12.5. The second-order valence-electron chi connectivity index (χ2n) is 5.52. The van der Waals surface area contributed by atoms with E-state index in [-0.39, 0.29) is 5.54 Å². The van der Waals surface area contributed by atoms with Gasteiger partial charge in [-0.25, -0.2) is 4.99 Å². The molecule has 0 amide bonds. The molecule has 2 aliphatic rings. The van der Waals surface area contributed by atoms with Crippen LogP contribution in [0.15, 0.2) is 48.0 Å². The molecule has 1 aromatic rings. The van der Waals surface area contributed by atoms with E-state index in [1.807, 2.05) is 30.1 Å². The number of nitrogens with one attached hydrogen (secondary N) is 2. The first-order valence-electron chi connectivity index (χ1n) is 7.16. The van der Waals surface area contributed by atoms with Crippen LogP contribution in [-0.2, 0) is 5.54 Å². The molecule has 1 fully saturated rings. The third-order valence-corrected chi connectivity index (χ3v) is 4.16. The molecule has 0 saturated carbocycles. The highest BCUT2D eigenvalue weighted by molar-refractivity contribution is 6.09. The Bertz CT molecular complexity index is 724. The highest BCUT2D eigenvalue weighted by Crippen LogP contribution is 2.28. The van der Waals surface area contributed by atoms with Gasteiger partial charge in [-0.05, 0) is 24.8 Å². The second kappa shape index (κ2) is 5.62. The lowest BCUT2D eigenvalue weighted by atomic mass is 9.89. The van der Waals surface area contributed by atoms with E-state index in [9.17, 15) is 0 Å². The quantitative estimate of drug-likeness (QED) is 0.882. The third kappa shape index (κ3) is 2.26. The average molecular weight is 294 g/mol. The van der Waals surface area contributed by atoms with Crippen LogP contribution in [0.25, 0.3) is 5.57 Å². The van der Waals surface area contributed by atoms with Gasteiger partial charge in [-0.3, -0.25) is 4.68 Å². The summed E-state index contributed by atoms with van der Waals surface area (Å²) < 4.78 is 1.92. The summed E-state index contributed by atoms with van der Waals surface area (Å²) in [6.45, 7) is 7.27. The van der Waals surface area contributed by atoms with Gasteiger partial charge >= 0.3 is 0 Å². The maximum Gasteiger partial charge on any atom is 0.137 e. The lowest BCUT2D eigenvalue weighted by molar-refractivity contribution is 0.160. The Labute approximate surface area is 129 Å². The number of rotatable bonds is 4. The number of aliphatic imine (C=N–C) groups is 1. The largest absolute Gasteiger partial charge is 0.347 e. The van der Waals surface area contributed by atoms with Crippen molar-refractivity contribution in [3.63, 3.8) is 0 Å². The van der Waals surface area contributed by atoms with Crippen LogP contribution < -0.4 is 10.6 Å². The molecule has 0 unspecified atom stereocenters. The monoisotopic (exact) mass is 294 g/mol. The summed E-state index contributed by atoms with van der Waals surface area (Å²) in [6.07, 6.45) is 9.66. The SMILES string of the molecule is C=CNC1=NC=C/C1=C(/C)c1cnn(C2(CC#N)CNC2)c1. The minimum atomic E-state index is -0.209. The Hall–Kier alpha value is -2.65. The summed E-state index contributed by atoms with van der Waals surface area (Å²) in [5.74, 6) is 0.789. The fourth-order valence-electron chi connectivity index (χ4n) is 2.71.